The lowest BCUT2D eigenvalue weighted by Crippen LogP contribution is -2.50. The number of carbonyl (C=O) groups is 1. The van der Waals surface area contributed by atoms with Crippen molar-refractivity contribution < 1.29 is 13.6 Å². The average molecular weight is 381 g/mol. The Morgan fingerprint density at radius 1 is 1.00 bits per heavy atom. The van der Waals surface area contributed by atoms with Gasteiger partial charge in [0.05, 0.1) is 11.9 Å². The second kappa shape index (κ2) is 7.67. The van der Waals surface area contributed by atoms with Crippen LogP contribution in [0, 0.1) is 11.6 Å². The molecule has 142 valence electrons. The topological polar surface area (TPSA) is 62.2 Å². The summed E-state index contributed by atoms with van der Waals surface area (Å²) in [6, 6.07) is 12.3. The van der Waals surface area contributed by atoms with E-state index in [-0.39, 0.29) is 24.1 Å². The molecule has 0 N–H and O–H groups in total. The van der Waals surface area contributed by atoms with Crippen LogP contribution in [0.2, 0.25) is 0 Å². The Morgan fingerprint density at radius 2 is 1.79 bits per heavy atom. The molecule has 2 aromatic carbocycles. The van der Waals surface area contributed by atoms with Gasteiger partial charge < -0.3 is 9.80 Å². The largest absolute Gasteiger partial charge is 0.335 e. The number of hydrogen-bond acceptors (Lipinski definition) is 5. The number of piperazine rings is 1. The fourth-order valence-electron chi connectivity index (χ4n) is 3.12. The van der Waals surface area contributed by atoms with Crippen LogP contribution in [-0.4, -0.2) is 45.6 Å². The van der Waals surface area contributed by atoms with Crippen LogP contribution in [0.1, 0.15) is 5.56 Å². The van der Waals surface area contributed by atoms with Gasteiger partial charge >= 0.3 is 0 Å². The summed E-state index contributed by atoms with van der Waals surface area (Å²) < 4.78 is 26.8. The fraction of sp³-hybridized carbons (Fsp3) is 0.200. The zero-order chi connectivity index (χ0) is 19.5. The minimum absolute atomic E-state index is 0.101. The summed E-state index contributed by atoms with van der Waals surface area (Å²) in [6.07, 6.45) is 1.46. The maximum atomic E-state index is 13.5. The van der Waals surface area contributed by atoms with E-state index >= 15 is 0 Å². The summed E-state index contributed by atoms with van der Waals surface area (Å²) in [6.45, 7) is 1.44. The highest BCUT2D eigenvalue weighted by atomic mass is 19.1. The van der Waals surface area contributed by atoms with E-state index in [0.717, 1.165) is 5.56 Å². The lowest BCUT2D eigenvalue weighted by molar-refractivity contribution is -0.131. The molecular weight excluding hydrogens is 364 g/mol. The first-order chi connectivity index (χ1) is 13.6. The second-order valence-corrected chi connectivity index (χ2v) is 6.52. The van der Waals surface area contributed by atoms with Crippen molar-refractivity contribution in [3.63, 3.8) is 0 Å². The fourth-order valence-corrected chi connectivity index (χ4v) is 3.12. The van der Waals surface area contributed by atoms with E-state index in [2.05, 4.69) is 15.2 Å². The van der Waals surface area contributed by atoms with E-state index in [9.17, 15) is 13.6 Å². The molecule has 1 amide bonds. The maximum absolute atomic E-state index is 13.5. The SMILES string of the molecule is O=C1CN(c2nncc(-c3cccc(F)c3)n2)CCN1Cc1cccc(F)c1. The van der Waals surface area contributed by atoms with Crippen molar-refractivity contribution in [2.45, 2.75) is 6.54 Å². The lowest BCUT2D eigenvalue weighted by atomic mass is 10.1. The Kier molecular flexibility index (Phi) is 4.92. The third-order valence-electron chi connectivity index (χ3n) is 4.53. The van der Waals surface area contributed by atoms with E-state index in [1.165, 1.54) is 30.5 Å². The third-order valence-corrected chi connectivity index (χ3v) is 4.53. The van der Waals surface area contributed by atoms with E-state index < -0.39 is 0 Å². The van der Waals surface area contributed by atoms with Crippen molar-refractivity contribution in [2.75, 3.05) is 24.5 Å². The Hall–Kier alpha value is -3.42. The van der Waals surface area contributed by atoms with Gasteiger partial charge in [-0.25, -0.2) is 13.8 Å². The highest BCUT2D eigenvalue weighted by molar-refractivity contribution is 5.82. The molecule has 0 unspecified atom stereocenters. The summed E-state index contributed by atoms with van der Waals surface area (Å²) in [7, 11) is 0. The molecule has 1 aromatic heterocycles. The summed E-state index contributed by atoms with van der Waals surface area (Å²) in [5, 5.41) is 7.96. The number of rotatable bonds is 4. The number of benzene rings is 2. The number of carbonyl (C=O) groups excluding carboxylic acids is 1. The first kappa shape index (κ1) is 18.0. The molecule has 3 aromatic rings. The molecule has 0 atom stereocenters. The van der Waals surface area contributed by atoms with Crippen LogP contribution in [0.5, 0.6) is 0 Å². The lowest BCUT2D eigenvalue weighted by Gasteiger charge is -2.34. The quantitative estimate of drug-likeness (QED) is 0.695. The Bertz CT molecular complexity index is 1010. The second-order valence-electron chi connectivity index (χ2n) is 6.52. The van der Waals surface area contributed by atoms with Gasteiger partial charge in [0.2, 0.25) is 11.9 Å². The molecule has 0 radical (unpaired) electrons. The van der Waals surface area contributed by atoms with Crippen molar-refractivity contribution in [3.8, 4) is 11.3 Å². The van der Waals surface area contributed by atoms with Gasteiger partial charge in [-0.2, -0.15) is 5.10 Å². The van der Waals surface area contributed by atoms with Gasteiger partial charge in [-0.05, 0) is 29.8 Å². The van der Waals surface area contributed by atoms with Crippen molar-refractivity contribution in [3.05, 3.63) is 71.9 Å². The zero-order valence-corrected chi connectivity index (χ0v) is 14.9. The Balaban J connectivity index is 1.47. The predicted octanol–water partition coefficient (Wildman–Crippen LogP) is 2.67. The van der Waals surface area contributed by atoms with Crippen molar-refractivity contribution in [1.29, 1.82) is 0 Å². The standard InChI is InChI=1S/C20H17F2N5O/c21-16-5-1-3-14(9-16)12-26-7-8-27(13-19(26)28)20-24-18(11-23-25-20)15-4-2-6-17(22)10-15/h1-6,9-11H,7-8,12-13H2. The molecule has 1 aliphatic rings. The van der Waals surface area contributed by atoms with Gasteiger partial charge in [-0.15, -0.1) is 5.10 Å². The highest BCUT2D eigenvalue weighted by Crippen LogP contribution is 2.20. The summed E-state index contributed by atoms with van der Waals surface area (Å²) in [5.74, 6) is -0.466. The molecule has 0 saturated carbocycles. The summed E-state index contributed by atoms with van der Waals surface area (Å²) in [5.41, 5.74) is 1.82. The molecule has 6 nitrogen and oxygen atoms in total. The molecule has 8 heteroatoms. The van der Waals surface area contributed by atoms with Crippen LogP contribution in [0.25, 0.3) is 11.3 Å². The van der Waals surface area contributed by atoms with Gasteiger partial charge in [-0.1, -0.05) is 24.3 Å². The van der Waals surface area contributed by atoms with Gasteiger partial charge in [0, 0.05) is 25.2 Å². The molecule has 1 saturated heterocycles. The molecule has 4 rings (SSSR count). The van der Waals surface area contributed by atoms with E-state index in [1.807, 2.05) is 0 Å². The molecule has 0 aliphatic carbocycles. The van der Waals surface area contributed by atoms with Crippen molar-refractivity contribution in [1.82, 2.24) is 20.1 Å². The maximum Gasteiger partial charge on any atom is 0.246 e. The Morgan fingerprint density at radius 3 is 2.54 bits per heavy atom. The number of aromatic nitrogens is 3. The van der Waals surface area contributed by atoms with Gasteiger partial charge in [0.25, 0.3) is 0 Å². The minimum Gasteiger partial charge on any atom is -0.335 e. The smallest absolute Gasteiger partial charge is 0.246 e. The number of anilines is 1. The number of halogens is 2. The van der Waals surface area contributed by atoms with Gasteiger partial charge in [0.15, 0.2) is 0 Å². The molecule has 0 spiro atoms. The van der Waals surface area contributed by atoms with Gasteiger partial charge in [-0.3, -0.25) is 4.79 Å². The number of hydrogen-bond donors (Lipinski definition) is 0. The van der Waals surface area contributed by atoms with Crippen LogP contribution in [-0.2, 0) is 11.3 Å². The first-order valence-corrected chi connectivity index (χ1v) is 8.81. The van der Waals surface area contributed by atoms with Crippen LogP contribution in [0.4, 0.5) is 14.7 Å². The Labute approximate surface area is 160 Å². The average Bonchev–Trinajstić information content (AvgIpc) is 2.70. The molecule has 0 bridgehead atoms. The van der Waals surface area contributed by atoms with Crippen LogP contribution >= 0.6 is 0 Å². The van der Waals surface area contributed by atoms with Crippen molar-refractivity contribution >= 4 is 11.9 Å². The number of amides is 1. The van der Waals surface area contributed by atoms with Gasteiger partial charge in [0.1, 0.15) is 18.2 Å². The molecule has 1 aliphatic heterocycles. The summed E-state index contributed by atoms with van der Waals surface area (Å²) in [4.78, 5) is 20.4. The van der Waals surface area contributed by atoms with Crippen LogP contribution in [0.15, 0.2) is 54.7 Å². The van der Waals surface area contributed by atoms with E-state index in [1.54, 1.807) is 34.1 Å². The monoisotopic (exact) mass is 381 g/mol. The summed E-state index contributed by atoms with van der Waals surface area (Å²) >= 11 is 0. The van der Waals surface area contributed by atoms with Crippen LogP contribution in [0.3, 0.4) is 0 Å². The third kappa shape index (κ3) is 3.95. The zero-order valence-electron chi connectivity index (χ0n) is 14.9. The van der Waals surface area contributed by atoms with Crippen molar-refractivity contribution in [2.24, 2.45) is 0 Å². The first-order valence-electron chi connectivity index (χ1n) is 8.81. The molecule has 2 heterocycles. The minimum atomic E-state index is -0.362. The van der Waals surface area contributed by atoms with E-state index in [0.29, 0.717) is 36.8 Å². The van der Waals surface area contributed by atoms with E-state index in [4.69, 9.17) is 0 Å². The normalized spacial score (nSPS) is 14.4. The highest BCUT2D eigenvalue weighted by Gasteiger charge is 2.26. The molecule has 1 fully saturated rings. The van der Waals surface area contributed by atoms with Crippen LogP contribution < -0.4 is 4.90 Å². The molecular formula is C20H17F2N5O. The number of nitrogens with zero attached hydrogens (tertiary/aromatic N) is 5. The predicted molar refractivity (Wildman–Crippen MR) is 99.3 cm³/mol. The molecule has 28 heavy (non-hydrogen) atoms.